The molecule has 0 bridgehead atoms. The van der Waals surface area contributed by atoms with E-state index in [0.717, 1.165) is 10.5 Å². The van der Waals surface area contributed by atoms with E-state index < -0.39 is 0 Å². The summed E-state index contributed by atoms with van der Waals surface area (Å²) in [4.78, 5) is 5.88. The fourth-order valence-electron chi connectivity index (χ4n) is 2.58. The average molecular weight is 322 g/mol. The molecule has 0 aliphatic heterocycles. The van der Waals surface area contributed by atoms with Crippen molar-refractivity contribution in [1.29, 1.82) is 0 Å². The summed E-state index contributed by atoms with van der Waals surface area (Å²) in [6, 6.07) is 18.8. The predicted octanol–water partition coefficient (Wildman–Crippen LogP) is 5.51. The van der Waals surface area contributed by atoms with Gasteiger partial charge in [0.1, 0.15) is 0 Å². The van der Waals surface area contributed by atoms with Gasteiger partial charge in [-0.2, -0.15) is 0 Å². The third kappa shape index (κ3) is 3.45. The molecule has 0 radical (unpaired) electrons. The molecule has 3 rings (SSSR count). The van der Waals surface area contributed by atoms with E-state index >= 15 is 0 Å². The minimum atomic E-state index is -0.0339. The first-order chi connectivity index (χ1) is 10.9. The van der Waals surface area contributed by atoms with E-state index in [0.29, 0.717) is 0 Å². The van der Waals surface area contributed by atoms with Crippen LogP contribution in [-0.4, -0.2) is 4.57 Å². The zero-order chi connectivity index (χ0) is 16.4. The van der Waals surface area contributed by atoms with E-state index in [2.05, 4.69) is 61.9 Å². The first-order valence-electron chi connectivity index (χ1n) is 7.83. The monoisotopic (exact) mass is 322 g/mol. The minimum absolute atomic E-state index is 0.0339. The van der Waals surface area contributed by atoms with Crippen LogP contribution in [0.2, 0.25) is 0 Å². The number of aromatic nitrogens is 1. The van der Waals surface area contributed by atoms with Crippen LogP contribution in [0.5, 0.6) is 0 Å². The second kappa shape index (κ2) is 6.17. The molecule has 0 atom stereocenters. The highest BCUT2D eigenvalue weighted by molar-refractivity contribution is 7.07. The van der Waals surface area contributed by atoms with Crippen LogP contribution in [-0.2, 0) is 5.54 Å². The molecule has 0 spiro atoms. The zero-order valence-electron chi connectivity index (χ0n) is 14.1. The summed E-state index contributed by atoms with van der Waals surface area (Å²) >= 11 is 1.69. The van der Waals surface area contributed by atoms with Gasteiger partial charge in [-0.15, -0.1) is 11.3 Å². The number of aryl methyl sites for hydroxylation is 1. The van der Waals surface area contributed by atoms with Gasteiger partial charge in [-0.25, -0.2) is 4.99 Å². The Morgan fingerprint density at radius 1 is 0.913 bits per heavy atom. The Morgan fingerprint density at radius 3 is 2.17 bits per heavy atom. The molecule has 0 aliphatic carbocycles. The topological polar surface area (TPSA) is 17.3 Å². The second-order valence-corrected chi connectivity index (χ2v) is 7.56. The summed E-state index contributed by atoms with van der Waals surface area (Å²) in [6.45, 7) is 8.79. The summed E-state index contributed by atoms with van der Waals surface area (Å²) in [5, 5.41) is 2.21. The molecule has 3 aromatic rings. The van der Waals surface area contributed by atoms with Crippen LogP contribution >= 0.6 is 11.3 Å². The summed E-state index contributed by atoms with van der Waals surface area (Å²) < 4.78 is 2.33. The lowest BCUT2D eigenvalue weighted by Gasteiger charge is -2.24. The van der Waals surface area contributed by atoms with Crippen molar-refractivity contribution < 1.29 is 0 Å². The molecule has 0 unspecified atom stereocenters. The molecule has 0 N–H and O–H groups in total. The molecular formula is C20H22N2S. The zero-order valence-corrected chi connectivity index (χ0v) is 14.9. The van der Waals surface area contributed by atoms with Crippen LogP contribution in [0.1, 0.15) is 26.3 Å². The standard InChI is InChI=1S/C20H22N2S/c1-15-10-12-16(13-11-15)18-14-23-19(22(18)20(2,3)4)21-17-8-6-5-7-9-17/h5-14H,1-4H3. The molecule has 0 saturated carbocycles. The Kier molecular flexibility index (Phi) is 4.22. The number of hydrogen-bond donors (Lipinski definition) is 0. The van der Waals surface area contributed by atoms with E-state index in [1.54, 1.807) is 11.3 Å². The van der Waals surface area contributed by atoms with Crippen LogP contribution in [0.15, 0.2) is 65.0 Å². The first kappa shape index (κ1) is 15.8. The Balaban J connectivity index is 2.20. The number of hydrogen-bond acceptors (Lipinski definition) is 2. The largest absolute Gasteiger partial charge is 0.311 e. The highest BCUT2D eigenvalue weighted by atomic mass is 32.1. The van der Waals surface area contributed by atoms with Crippen molar-refractivity contribution in [3.05, 3.63) is 70.3 Å². The molecule has 0 amide bonds. The van der Waals surface area contributed by atoms with Crippen molar-refractivity contribution in [2.75, 3.05) is 0 Å². The van der Waals surface area contributed by atoms with Crippen molar-refractivity contribution in [1.82, 2.24) is 4.57 Å². The van der Waals surface area contributed by atoms with Crippen LogP contribution in [0.4, 0.5) is 5.69 Å². The van der Waals surface area contributed by atoms with Crippen molar-refractivity contribution in [2.45, 2.75) is 33.2 Å². The van der Waals surface area contributed by atoms with Gasteiger partial charge in [0.25, 0.3) is 0 Å². The van der Waals surface area contributed by atoms with Gasteiger partial charge < -0.3 is 4.57 Å². The van der Waals surface area contributed by atoms with Gasteiger partial charge in [-0.05, 0) is 45.4 Å². The normalized spacial score (nSPS) is 12.6. The third-order valence-electron chi connectivity index (χ3n) is 3.71. The number of benzene rings is 2. The number of para-hydroxylation sites is 1. The van der Waals surface area contributed by atoms with Crippen LogP contribution in [0.25, 0.3) is 11.3 Å². The molecular weight excluding hydrogens is 300 g/mol. The Labute approximate surface area is 141 Å². The Morgan fingerprint density at radius 2 is 1.57 bits per heavy atom. The maximum atomic E-state index is 4.85. The third-order valence-corrected chi connectivity index (χ3v) is 4.53. The molecule has 23 heavy (non-hydrogen) atoms. The fraction of sp³-hybridized carbons (Fsp3) is 0.250. The SMILES string of the molecule is Cc1ccc(-c2csc(=Nc3ccccc3)n2C(C)(C)C)cc1. The lowest BCUT2D eigenvalue weighted by Crippen LogP contribution is -2.31. The van der Waals surface area contributed by atoms with Gasteiger partial charge in [0.05, 0.1) is 11.4 Å². The molecule has 118 valence electrons. The summed E-state index contributed by atoms with van der Waals surface area (Å²) in [6.07, 6.45) is 0. The molecule has 2 nitrogen and oxygen atoms in total. The van der Waals surface area contributed by atoms with Crippen LogP contribution in [0.3, 0.4) is 0 Å². The highest BCUT2D eigenvalue weighted by Gasteiger charge is 2.19. The summed E-state index contributed by atoms with van der Waals surface area (Å²) in [5.74, 6) is 0. The van der Waals surface area contributed by atoms with Gasteiger partial charge in [-0.1, -0.05) is 48.0 Å². The fourth-order valence-corrected chi connectivity index (χ4v) is 3.67. The molecule has 3 heteroatoms. The second-order valence-electron chi connectivity index (χ2n) is 6.72. The first-order valence-corrected chi connectivity index (χ1v) is 8.71. The van der Waals surface area contributed by atoms with Gasteiger partial charge in [0.15, 0.2) is 4.80 Å². The lowest BCUT2D eigenvalue weighted by molar-refractivity contribution is 0.392. The Bertz CT molecular complexity index is 847. The van der Waals surface area contributed by atoms with Gasteiger partial charge in [0, 0.05) is 10.9 Å². The van der Waals surface area contributed by atoms with Gasteiger partial charge in [0.2, 0.25) is 0 Å². The molecule has 0 saturated heterocycles. The van der Waals surface area contributed by atoms with E-state index in [9.17, 15) is 0 Å². The van der Waals surface area contributed by atoms with E-state index in [-0.39, 0.29) is 5.54 Å². The van der Waals surface area contributed by atoms with Crippen LogP contribution < -0.4 is 4.80 Å². The molecule has 1 heterocycles. The van der Waals surface area contributed by atoms with Crippen molar-refractivity contribution in [3.8, 4) is 11.3 Å². The van der Waals surface area contributed by atoms with Gasteiger partial charge >= 0.3 is 0 Å². The quantitative estimate of drug-likeness (QED) is 0.592. The lowest BCUT2D eigenvalue weighted by atomic mass is 10.1. The van der Waals surface area contributed by atoms with E-state index in [1.807, 2.05) is 30.3 Å². The van der Waals surface area contributed by atoms with E-state index in [4.69, 9.17) is 4.99 Å². The molecule has 1 aromatic heterocycles. The number of rotatable bonds is 2. The summed E-state index contributed by atoms with van der Waals surface area (Å²) in [7, 11) is 0. The highest BCUT2D eigenvalue weighted by Crippen LogP contribution is 2.26. The smallest absolute Gasteiger partial charge is 0.190 e. The number of nitrogens with zero attached hydrogens (tertiary/aromatic N) is 2. The Hall–Kier alpha value is -2.13. The maximum Gasteiger partial charge on any atom is 0.190 e. The summed E-state index contributed by atoms with van der Waals surface area (Å²) in [5.41, 5.74) is 4.69. The molecule has 0 aliphatic rings. The van der Waals surface area contributed by atoms with Crippen molar-refractivity contribution >= 4 is 17.0 Å². The van der Waals surface area contributed by atoms with Gasteiger partial charge in [-0.3, -0.25) is 0 Å². The molecule has 2 aromatic carbocycles. The van der Waals surface area contributed by atoms with Crippen molar-refractivity contribution in [2.24, 2.45) is 4.99 Å². The molecule has 0 fully saturated rings. The minimum Gasteiger partial charge on any atom is -0.311 e. The average Bonchev–Trinajstić information content (AvgIpc) is 2.93. The van der Waals surface area contributed by atoms with Crippen molar-refractivity contribution in [3.63, 3.8) is 0 Å². The number of thiazole rings is 1. The van der Waals surface area contributed by atoms with E-state index in [1.165, 1.54) is 16.8 Å². The predicted molar refractivity (Wildman–Crippen MR) is 99.1 cm³/mol. The van der Waals surface area contributed by atoms with Crippen LogP contribution in [0, 0.1) is 6.92 Å². The maximum absolute atomic E-state index is 4.85.